The minimum atomic E-state index is -2.92. The fraction of sp³-hybridized carbons (Fsp3) is 0.513. The molecule has 5 aromatic rings. The van der Waals surface area contributed by atoms with E-state index in [1.807, 2.05) is 6.92 Å². The van der Waals surface area contributed by atoms with Gasteiger partial charge in [-0.1, -0.05) is 13.0 Å². The fourth-order valence-corrected chi connectivity index (χ4v) is 9.26. The molecule has 53 heavy (non-hydrogen) atoms. The summed E-state index contributed by atoms with van der Waals surface area (Å²) in [5.74, 6) is -3.22. The minimum absolute atomic E-state index is 0.0518. The molecule has 3 aliphatic heterocycles. The smallest absolute Gasteiger partial charge is 0.319 e. The number of benzene rings is 3. The molecule has 9 rings (SSSR count). The first-order valence-corrected chi connectivity index (χ1v) is 18.4. The Morgan fingerprint density at radius 3 is 2.42 bits per heavy atom. The molecule has 4 aliphatic rings. The van der Waals surface area contributed by atoms with E-state index >= 15 is 8.78 Å². The third kappa shape index (κ3) is 5.58. The number of anilines is 1. The predicted octanol–water partition coefficient (Wildman–Crippen LogP) is 6.15. The van der Waals surface area contributed by atoms with Crippen LogP contribution in [-0.4, -0.2) is 113 Å². The molecule has 3 saturated heterocycles. The highest BCUT2D eigenvalue weighted by Gasteiger charge is 2.71. The van der Waals surface area contributed by atoms with Crippen LogP contribution < -0.4 is 9.64 Å². The molecule has 3 atom stereocenters. The van der Waals surface area contributed by atoms with Gasteiger partial charge in [-0.25, -0.2) is 17.6 Å². The third-order valence-corrected chi connectivity index (χ3v) is 11.7. The number of fused-ring (bicyclic) bond motifs is 6. The van der Waals surface area contributed by atoms with Gasteiger partial charge >= 0.3 is 6.01 Å². The lowest BCUT2D eigenvalue weighted by molar-refractivity contribution is -0.0484. The van der Waals surface area contributed by atoms with Crippen LogP contribution in [0, 0.1) is 23.0 Å². The Labute approximate surface area is 304 Å². The van der Waals surface area contributed by atoms with E-state index in [1.54, 1.807) is 43.0 Å². The van der Waals surface area contributed by atoms with Crippen LogP contribution in [0.1, 0.15) is 31.7 Å². The van der Waals surface area contributed by atoms with Crippen molar-refractivity contribution in [1.82, 2.24) is 29.5 Å². The van der Waals surface area contributed by atoms with Crippen LogP contribution in [0.25, 0.3) is 43.7 Å². The van der Waals surface area contributed by atoms with Gasteiger partial charge in [0.2, 0.25) is 0 Å². The Hall–Kier alpha value is -4.27. The van der Waals surface area contributed by atoms with Crippen molar-refractivity contribution in [2.75, 3.05) is 65.0 Å². The molecule has 1 N–H and O–H groups in total. The highest BCUT2D eigenvalue weighted by molar-refractivity contribution is 6.18. The Balaban J connectivity index is 1.26. The van der Waals surface area contributed by atoms with Crippen LogP contribution in [0.5, 0.6) is 11.8 Å². The number of piperazine rings is 1. The number of rotatable bonds is 10. The van der Waals surface area contributed by atoms with Gasteiger partial charge in [0, 0.05) is 74.8 Å². The summed E-state index contributed by atoms with van der Waals surface area (Å²) in [6.07, 6.45) is 3.63. The third-order valence-electron chi connectivity index (χ3n) is 11.7. The summed E-state index contributed by atoms with van der Waals surface area (Å²) in [6.45, 7) is 5.66. The van der Waals surface area contributed by atoms with Crippen LogP contribution in [0.15, 0.2) is 30.5 Å². The number of aromatic hydroxyl groups is 1. The molecular weight excluding hydrogens is 690 g/mol. The lowest BCUT2D eigenvalue weighted by atomic mass is 9.90. The zero-order valence-electron chi connectivity index (χ0n) is 30.3. The monoisotopic (exact) mass is 733 g/mol. The summed E-state index contributed by atoms with van der Waals surface area (Å²) in [6, 6.07) is 5.85. The van der Waals surface area contributed by atoms with E-state index < -0.39 is 23.0 Å². The predicted molar refractivity (Wildman–Crippen MR) is 194 cm³/mol. The van der Waals surface area contributed by atoms with Crippen molar-refractivity contribution in [2.24, 2.45) is 18.4 Å². The molecule has 2 unspecified atom stereocenters. The first kappa shape index (κ1) is 34.5. The highest BCUT2D eigenvalue weighted by Crippen LogP contribution is 2.60. The number of aryl methyl sites for hydroxylation is 2. The quantitative estimate of drug-likeness (QED) is 0.170. The number of hydrogen-bond acceptors (Lipinski definition) is 9. The van der Waals surface area contributed by atoms with E-state index in [-0.39, 0.29) is 60.1 Å². The number of alkyl halides is 2. The topological polar surface area (TPSA) is 92.0 Å². The van der Waals surface area contributed by atoms with Gasteiger partial charge in [0.05, 0.1) is 24.0 Å². The second-order valence-corrected chi connectivity index (χ2v) is 15.9. The maximum absolute atomic E-state index is 17.7. The molecule has 1 aliphatic carbocycles. The summed E-state index contributed by atoms with van der Waals surface area (Å²) >= 11 is 0. The lowest BCUT2D eigenvalue weighted by Crippen LogP contribution is -2.56. The molecule has 2 aromatic heterocycles. The zero-order chi connectivity index (χ0) is 37.0. The second-order valence-electron chi connectivity index (χ2n) is 15.9. The molecule has 1 saturated carbocycles. The maximum Gasteiger partial charge on any atom is 0.319 e. The SMILES string of the molecule is CCc1c(F)ccc2cc(O)cc(-c3c(F)c4nc(OC[C@]5(CN(C)C)CC5(F)F)nc(N5C6CCC5CN(CC5COC5)C6)c4c4cn(C)nc34)c12. The molecular formula is C39H43F4N7O3. The molecule has 5 heterocycles. The van der Waals surface area contributed by atoms with Crippen LogP contribution in [0.4, 0.5) is 23.4 Å². The number of aromatic nitrogens is 4. The molecule has 10 nitrogen and oxygen atoms in total. The van der Waals surface area contributed by atoms with Crippen LogP contribution in [0.2, 0.25) is 0 Å². The highest BCUT2D eigenvalue weighted by atomic mass is 19.3. The van der Waals surface area contributed by atoms with Crippen molar-refractivity contribution in [2.45, 2.75) is 50.6 Å². The van der Waals surface area contributed by atoms with Gasteiger partial charge in [0.15, 0.2) is 5.82 Å². The molecule has 280 valence electrons. The van der Waals surface area contributed by atoms with E-state index in [2.05, 4.69) is 14.8 Å². The van der Waals surface area contributed by atoms with Gasteiger partial charge in [-0.3, -0.25) is 9.58 Å². The van der Waals surface area contributed by atoms with Gasteiger partial charge in [-0.2, -0.15) is 15.1 Å². The van der Waals surface area contributed by atoms with E-state index in [9.17, 15) is 13.9 Å². The molecule has 2 bridgehead atoms. The first-order chi connectivity index (χ1) is 25.4. The largest absolute Gasteiger partial charge is 0.508 e. The molecule has 0 spiro atoms. The fourth-order valence-electron chi connectivity index (χ4n) is 9.26. The summed E-state index contributed by atoms with van der Waals surface area (Å²) in [7, 11) is 5.23. The van der Waals surface area contributed by atoms with Gasteiger partial charge < -0.3 is 24.4 Å². The van der Waals surface area contributed by atoms with Gasteiger partial charge in [-0.05, 0) is 73.5 Å². The normalized spacial score (nSPS) is 24.2. The number of phenols is 1. The van der Waals surface area contributed by atoms with E-state index in [4.69, 9.17) is 19.6 Å². The Morgan fingerprint density at radius 2 is 1.77 bits per heavy atom. The number of nitrogens with zero attached hydrogens (tertiary/aromatic N) is 7. The van der Waals surface area contributed by atoms with Gasteiger partial charge in [-0.15, -0.1) is 0 Å². The summed E-state index contributed by atoms with van der Waals surface area (Å²) in [5.41, 5.74) is -0.440. The van der Waals surface area contributed by atoms with Crippen molar-refractivity contribution >= 4 is 38.4 Å². The van der Waals surface area contributed by atoms with Crippen molar-refractivity contribution in [3.63, 3.8) is 0 Å². The Kier molecular flexibility index (Phi) is 8.06. The van der Waals surface area contributed by atoms with E-state index in [0.29, 0.717) is 50.8 Å². The Bertz CT molecular complexity index is 2260. The van der Waals surface area contributed by atoms with Crippen molar-refractivity contribution in [3.8, 4) is 22.9 Å². The molecule has 0 amide bonds. The van der Waals surface area contributed by atoms with Crippen molar-refractivity contribution < 1.29 is 32.1 Å². The minimum Gasteiger partial charge on any atom is -0.508 e. The maximum atomic E-state index is 17.7. The number of phenolic OH excluding ortho intramolecular Hbond substituents is 1. The summed E-state index contributed by atoms with van der Waals surface area (Å²) in [5, 5.41) is 17.7. The molecule has 14 heteroatoms. The van der Waals surface area contributed by atoms with Crippen molar-refractivity contribution in [3.05, 3.63) is 47.7 Å². The summed E-state index contributed by atoms with van der Waals surface area (Å²) < 4.78 is 75.9. The second kappa shape index (κ2) is 12.4. The molecule has 4 fully saturated rings. The van der Waals surface area contributed by atoms with Crippen LogP contribution in [-0.2, 0) is 18.2 Å². The Morgan fingerprint density at radius 1 is 1.04 bits per heavy atom. The van der Waals surface area contributed by atoms with Gasteiger partial charge in [0.25, 0.3) is 5.92 Å². The average Bonchev–Trinajstić information content (AvgIpc) is 3.28. The zero-order valence-corrected chi connectivity index (χ0v) is 30.3. The van der Waals surface area contributed by atoms with Crippen LogP contribution >= 0.6 is 0 Å². The lowest BCUT2D eigenvalue weighted by Gasteiger charge is -2.44. The molecule has 3 aromatic carbocycles. The number of halogens is 4. The number of ether oxygens (including phenoxy) is 2. The standard InChI is InChI=1S/C39H43F4N7O3/c1-5-26-29(40)9-6-22-10-25(51)11-27(30(22)26)31-33(41)35-32(28-15-48(4)46-34(28)31)36(45-37(44-35)53-20-38(19-47(2)3)18-39(38,42)43)50-23-7-8-24(50)14-49(13-23)12-21-16-52-17-21/h6,9-11,15,21,23-24,51H,5,7-8,12-14,16-20H2,1-4H3/t23?,24?,38-/m1/s1. The number of hydrogen-bond donors (Lipinski definition) is 1. The number of likely N-dealkylation sites (tertiary alicyclic amines) is 1. The van der Waals surface area contributed by atoms with E-state index in [0.717, 1.165) is 45.7 Å². The first-order valence-electron chi connectivity index (χ1n) is 18.4. The van der Waals surface area contributed by atoms with E-state index in [1.165, 1.54) is 18.2 Å². The van der Waals surface area contributed by atoms with Crippen LogP contribution in [0.3, 0.4) is 0 Å². The molecule has 0 radical (unpaired) electrons. The summed E-state index contributed by atoms with van der Waals surface area (Å²) in [4.78, 5) is 16.0. The van der Waals surface area contributed by atoms with Gasteiger partial charge in [0.1, 0.15) is 35.0 Å². The average molecular weight is 734 g/mol. The van der Waals surface area contributed by atoms with Crippen molar-refractivity contribution in [1.29, 1.82) is 0 Å².